The Kier molecular flexibility index (Phi) is 4.01. The van der Waals surface area contributed by atoms with Gasteiger partial charge in [0, 0.05) is 13.1 Å². The molecule has 1 amide bonds. The summed E-state index contributed by atoms with van der Waals surface area (Å²) in [4.78, 5) is 13.7. The van der Waals surface area contributed by atoms with Crippen LogP contribution >= 0.6 is 0 Å². The number of piperidine rings is 1. The van der Waals surface area contributed by atoms with Crippen LogP contribution in [0.4, 0.5) is 4.79 Å². The van der Waals surface area contributed by atoms with Crippen molar-refractivity contribution in [2.24, 2.45) is 5.73 Å². The van der Waals surface area contributed by atoms with E-state index in [0.717, 1.165) is 13.1 Å². The van der Waals surface area contributed by atoms with Crippen LogP contribution < -0.4 is 11.1 Å². The van der Waals surface area contributed by atoms with Crippen LogP contribution in [-0.4, -0.2) is 59.0 Å². The Balaban J connectivity index is 2.02. The van der Waals surface area contributed by atoms with E-state index in [9.17, 15) is 9.90 Å². The summed E-state index contributed by atoms with van der Waals surface area (Å²) < 4.78 is 5.37. The molecule has 116 valence electrons. The van der Waals surface area contributed by atoms with Gasteiger partial charge in [-0.15, -0.1) is 0 Å². The minimum atomic E-state index is -0.894. The molecule has 1 unspecified atom stereocenters. The highest BCUT2D eigenvalue weighted by atomic mass is 16.6. The van der Waals surface area contributed by atoms with E-state index in [1.54, 1.807) is 4.90 Å². The lowest BCUT2D eigenvalue weighted by molar-refractivity contribution is -0.0559. The van der Waals surface area contributed by atoms with Crippen molar-refractivity contribution in [2.75, 3.05) is 26.2 Å². The maximum absolute atomic E-state index is 12.1. The van der Waals surface area contributed by atoms with Gasteiger partial charge in [-0.3, -0.25) is 0 Å². The summed E-state index contributed by atoms with van der Waals surface area (Å²) in [5, 5.41) is 14.0. The molecule has 2 aliphatic rings. The smallest absolute Gasteiger partial charge is 0.410 e. The summed E-state index contributed by atoms with van der Waals surface area (Å²) in [7, 11) is 0. The van der Waals surface area contributed by atoms with Gasteiger partial charge >= 0.3 is 6.09 Å². The number of nitrogens with zero attached hydrogens (tertiary/aromatic N) is 1. The van der Waals surface area contributed by atoms with Crippen molar-refractivity contribution in [3.05, 3.63) is 0 Å². The maximum Gasteiger partial charge on any atom is 0.410 e. The van der Waals surface area contributed by atoms with Gasteiger partial charge in [-0.05, 0) is 53.1 Å². The highest BCUT2D eigenvalue weighted by molar-refractivity contribution is 5.68. The Labute approximate surface area is 120 Å². The number of aliphatic hydroxyl groups is 1. The summed E-state index contributed by atoms with van der Waals surface area (Å²) in [6.07, 6.45) is 1.53. The summed E-state index contributed by atoms with van der Waals surface area (Å²) in [5.41, 5.74) is 4.30. The van der Waals surface area contributed by atoms with E-state index in [2.05, 4.69) is 5.32 Å². The summed E-state index contributed by atoms with van der Waals surface area (Å²) in [5.74, 6) is 0. The number of amides is 1. The number of carbonyl (C=O) groups excluding carboxylic acids is 1. The second kappa shape index (κ2) is 5.16. The molecule has 0 aromatic carbocycles. The van der Waals surface area contributed by atoms with E-state index in [0.29, 0.717) is 32.4 Å². The minimum absolute atomic E-state index is 0.345. The van der Waals surface area contributed by atoms with E-state index >= 15 is 0 Å². The van der Waals surface area contributed by atoms with E-state index in [4.69, 9.17) is 10.5 Å². The zero-order valence-electron chi connectivity index (χ0n) is 12.7. The number of nitrogens with two attached hydrogens (primary N) is 1. The molecule has 2 rings (SSSR count). The molecular weight excluding hydrogens is 258 g/mol. The first kappa shape index (κ1) is 15.5. The van der Waals surface area contributed by atoms with Crippen LogP contribution in [0.3, 0.4) is 0 Å². The largest absolute Gasteiger partial charge is 0.444 e. The fraction of sp³-hybridized carbons (Fsp3) is 0.929. The van der Waals surface area contributed by atoms with Crippen LogP contribution in [0.2, 0.25) is 0 Å². The van der Waals surface area contributed by atoms with Crippen LogP contribution in [0.5, 0.6) is 0 Å². The lowest BCUT2D eigenvalue weighted by atomic mass is 9.74. The molecule has 0 aromatic heterocycles. The van der Waals surface area contributed by atoms with Gasteiger partial charge in [0.25, 0.3) is 0 Å². The lowest BCUT2D eigenvalue weighted by Gasteiger charge is -2.44. The molecule has 0 aliphatic carbocycles. The van der Waals surface area contributed by atoms with Crippen LogP contribution in [0.15, 0.2) is 0 Å². The molecule has 2 heterocycles. The molecule has 6 heteroatoms. The molecule has 0 aromatic rings. The number of hydrogen-bond acceptors (Lipinski definition) is 5. The van der Waals surface area contributed by atoms with Gasteiger partial charge in [0.15, 0.2) is 0 Å². The number of likely N-dealkylation sites (tertiary alicyclic amines) is 1. The van der Waals surface area contributed by atoms with Crippen molar-refractivity contribution < 1.29 is 14.6 Å². The van der Waals surface area contributed by atoms with Gasteiger partial charge in [-0.1, -0.05) is 0 Å². The molecule has 0 saturated carbocycles. The van der Waals surface area contributed by atoms with Crippen molar-refractivity contribution in [3.63, 3.8) is 0 Å². The van der Waals surface area contributed by atoms with Gasteiger partial charge < -0.3 is 25.8 Å². The second-order valence-electron chi connectivity index (χ2n) is 7.09. The molecule has 0 spiro atoms. The highest BCUT2D eigenvalue weighted by Gasteiger charge is 2.52. The summed E-state index contributed by atoms with van der Waals surface area (Å²) in [6.45, 7) is 7.97. The van der Waals surface area contributed by atoms with E-state index in [-0.39, 0.29) is 6.09 Å². The van der Waals surface area contributed by atoms with Crippen molar-refractivity contribution in [3.8, 4) is 0 Å². The van der Waals surface area contributed by atoms with Crippen LogP contribution in [0.1, 0.15) is 40.0 Å². The molecule has 4 N–H and O–H groups in total. The SMILES string of the molecule is CC(C)(C)OC(=O)N1CCC(N)(C2(O)CCNCC2)C1. The Morgan fingerprint density at radius 1 is 1.30 bits per heavy atom. The topological polar surface area (TPSA) is 87.8 Å². The lowest BCUT2D eigenvalue weighted by Crippen LogP contribution is -2.65. The quantitative estimate of drug-likeness (QED) is 0.650. The third-order valence-corrected chi connectivity index (χ3v) is 4.31. The molecular formula is C14H27N3O3. The predicted molar refractivity (Wildman–Crippen MR) is 76.4 cm³/mol. The Morgan fingerprint density at radius 3 is 2.45 bits per heavy atom. The standard InChI is InChI=1S/C14H27N3O3/c1-12(2,3)20-11(18)17-9-6-13(15,10-17)14(19)4-7-16-8-5-14/h16,19H,4-10,15H2,1-3H3. The molecule has 20 heavy (non-hydrogen) atoms. The zero-order chi connectivity index (χ0) is 15.0. The second-order valence-corrected chi connectivity index (χ2v) is 7.09. The van der Waals surface area contributed by atoms with E-state index < -0.39 is 16.7 Å². The molecule has 2 aliphatic heterocycles. The molecule has 1 atom stereocenters. The Morgan fingerprint density at radius 2 is 1.90 bits per heavy atom. The van der Waals surface area contributed by atoms with Crippen LogP contribution in [0, 0.1) is 0 Å². The Bertz CT molecular complexity index is 374. The van der Waals surface area contributed by atoms with Gasteiger partial charge in [0.05, 0.1) is 11.1 Å². The maximum atomic E-state index is 12.1. The minimum Gasteiger partial charge on any atom is -0.444 e. The van der Waals surface area contributed by atoms with Crippen molar-refractivity contribution in [2.45, 2.75) is 56.8 Å². The number of nitrogens with one attached hydrogen (secondary N) is 1. The molecule has 0 bridgehead atoms. The number of rotatable bonds is 1. The molecule has 2 saturated heterocycles. The predicted octanol–water partition coefficient (Wildman–Crippen LogP) is 0.439. The van der Waals surface area contributed by atoms with Crippen molar-refractivity contribution >= 4 is 6.09 Å². The molecule has 6 nitrogen and oxygen atoms in total. The van der Waals surface area contributed by atoms with E-state index in [1.165, 1.54) is 0 Å². The number of hydrogen-bond donors (Lipinski definition) is 3. The average Bonchev–Trinajstić information content (AvgIpc) is 2.73. The normalized spacial score (nSPS) is 30.4. The number of carbonyl (C=O) groups is 1. The summed E-state index contributed by atoms with van der Waals surface area (Å²) in [6, 6.07) is 0. The first-order chi connectivity index (χ1) is 9.15. The Hall–Kier alpha value is -0.850. The fourth-order valence-electron chi connectivity index (χ4n) is 3.03. The average molecular weight is 285 g/mol. The third kappa shape index (κ3) is 3.07. The molecule has 0 radical (unpaired) electrons. The fourth-order valence-corrected chi connectivity index (χ4v) is 3.03. The first-order valence-electron chi connectivity index (χ1n) is 7.35. The first-order valence-corrected chi connectivity index (χ1v) is 7.35. The number of ether oxygens (including phenoxy) is 1. The highest BCUT2D eigenvalue weighted by Crippen LogP contribution is 2.36. The van der Waals surface area contributed by atoms with Gasteiger partial charge in [0.1, 0.15) is 5.60 Å². The van der Waals surface area contributed by atoms with Gasteiger partial charge in [0.2, 0.25) is 0 Å². The van der Waals surface area contributed by atoms with Crippen molar-refractivity contribution in [1.82, 2.24) is 10.2 Å². The van der Waals surface area contributed by atoms with Crippen LogP contribution in [-0.2, 0) is 4.74 Å². The third-order valence-electron chi connectivity index (χ3n) is 4.31. The van der Waals surface area contributed by atoms with E-state index in [1.807, 2.05) is 20.8 Å². The van der Waals surface area contributed by atoms with Crippen LogP contribution in [0.25, 0.3) is 0 Å². The zero-order valence-corrected chi connectivity index (χ0v) is 12.7. The van der Waals surface area contributed by atoms with Gasteiger partial charge in [-0.2, -0.15) is 0 Å². The van der Waals surface area contributed by atoms with Crippen molar-refractivity contribution in [1.29, 1.82) is 0 Å². The van der Waals surface area contributed by atoms with Gasteiger partial charge in [-0.25, -0.2) is 4.79 Å². The monoisotopic (exact) mass is 285 g/mol. The summed E-state index contributed by atoms with van der Waals surface area (Å²) >= 11 is 0. The molecule has 2 fully saturated rings.